The molecule has 0 aliphatic heterocycles. The van der Waals surface area contributed by atoms with Crippen LogP contribution in [0.5, 0.6) is 0 Å². The lowest BCUT2D eigenvalue weighted by Crippen LogP contribution is -2.39. The monoisotopic (exact) mass is 517 g/mol. The molecular formula is C23H24ClF4N3O2S. The number of halogens is 5. The van der Waals surface area contributed by atoms with Crippen LogP contribution in [-0.4, -0.2) is 29.4 Å². The highest BCUT2D eigenvalue weighted by Gasteiger charge is 2.47. The minimum Gasteiger partial charge on any atom is -0.347 e. The highest BCUT2D eigenvalue weighted by molar-refractivity contribution is 7.90. The van der Waals surface area contributed by atoms with E-state index < -0.39 is 33.3 Å². The number of nitrogens with one attached hydrogen (secondary N) is 1. The zero-order valence-electron chi connectivity index (χ0n) is 18.7. The van der Waals surface area contributed by atoms with E-state index in [0.717, 1.165) is 6.07 Å². The van der Waals surface area contributed by atoms with Crippen molar-refractivity contribution in [2.24, 2.45) is 5.41 Å². The van der Waals surface area contributed by atoms with Crippen molar-refractivity contribution in [3.63, 3.8) is 0 Å². The van der Waals surface area contributed by atoms with Crippen molar-refractivity contribution in [1.29, 1.82) is 0 Å². The summed E-state index contributed by atoms with van der Waals surface area (Å²) >= 11 is 6.19. The minimum absolute atomic E-state index is 0.0171. The van der Waals surface area contributed by atoms with E-state index in [0.29, 0.717) is 30.5 Å². The van der Waals surface area contributed by atoms with Crippen molar-refractivity contribution in [2.45, 2.75) is 57.6 Å². The molecule has 3 aromatic rings. The summed E-state index contributed by atoms with van der Waals surface area (Å²) in [5.74, 6) is -0.777. The van der Waals surface area contributed by atoms with E-state index in [1.807, 2.05) is 25.5 Å². The number of pyridine rings is 1. The fourth-order valence-corrected chi connectivity index (χ4v) is 5.71. The molecule has 0 amide bonds. The third kappa shape index (κ3) is 5.08. The highest BCUT2D eigenvalue weighted by Crippen LogP contribution is 2.42. The van der Waals surface area contributed by atoms with E-state index >= 15 is 4.39 Å². The molecule has 1 N–H and O–H groups in total. The van der Waals surface area contributed by atoms with Gasteiger partial charge >= 0.3 is 6.18 Å². The van der Waals surface area contributed by atoms with E-state index in [1.165, 1.54) is 30.7 Å². The Labute approximate surface area is 200 Å². The van der Waals surface area contributed by atoms with Gasteiger partial charge in [-0.05, 0) is 36.5 Å². The van der Waals surface area contributed by atoms with Gasteiger partial charge < -0.3 is 4.57 Å². The van der Waals surface area contributed by atoms with E-state index in [-0.39, 0.29) is 27.0 Å². The van der Waals surface area contributed by atoms with Gasteiger partial charge in [-0.1, -0.05) is 32.4 Å². The number of rotatable bonds is 6. The molecule has 1 unspecified atom stereocenters. The maximum Gasteiger partial charge on any atom is 0.408 e. The fourth-order valence-electron chi connectivity index (χ4n) is 3.96. The summed E-state index contributed by atoms with van der Waals surface area (Å²) < 4.78 is 85.9. The molecule has 0 radical (unpaired) electrons. The van der Waals surface area contributed by atoms with Crippen LogP contribution in [0.4, 0.5) is 17.6 Å². The number of sulfonamides is 1. The fraction of sp³-hybridized carbons (Fsp3) is 0.435. The molecule has 0 bridgehead atoms. The lowest BCUT2D eigenvalue weighted by molar-refractivity contribution is -0.152. The van der Waals surface area contributed by atoms with E-state index in [9.17, 15) is 21.6 Å². The molecule has 11 heteroatoms. The van der Waals surface area contributed by atoms with Gasteiger partial charge in [0.1, 0.15) is 11.9 Å². The number of fused-ring (bicyclic) bond motifs is 1. The molecule has 34 heavy (non-hydrogen) atoms. The number of alkyl halides is 3. The molecule has 5 nitrogen and oxygen atoms in total. The van der Waals surface area contributed by atoms with Gasteiger partial charge in [-0.15, -0.1) is 0 Å². The first-order valence-electron chi connectivity index (χ1n) is 10.7. The Bertz CT molecular complexity index is 1340. The molecular weight excluding hydrogens is 494 g/mol. The summed E-state index contributed by atoms with van der Waals surface area (Å²) in [7, 11) is -4.18. The molecule has 1 aromatic carbocycles. The van der Waals surface area contributed by atoms with E-state index in [2.05, 4.69) is 4.98 Å². The number of hydrogen-bond donors (Lipinski definition) is 1. The summed E-state index contributed by atoms with van der Waals surface area (Å²) in [5, 5.41) is -0.658. The molecule has 1 aliphatic rings. The van der Waals surface area contributed by atoms with E-state index in [1.54, 1.807) is 4.57 Å². The summed E-state index contributed by atoms with van der Waals surface area (Å²) in [6.07, 6.45) is -0.233. The minimum atomic E-state index is -4.92. The topological polar surface area (TPSA) is 64.0 Å². The maximum atomic E-state index is 15.2. The zero-order chi connectivity index (χ0) is 25.1. The summed E-state index contributed by atoms with van der Waals surface area (Å²) in [5.41, 5.74) is 0.133. The summed E-state index contributed by atoms with van der Waals surface area (Å²) in [6.45, 7) is 6.07. The first kappa shape index (κ1) is 24.9. The van der Waals surface area contributed by atoms with Crippen LogP contribution in [0.15, 0.2) is 36.8 Å². The van der Waals surface area contributed by atoms with Crippen molar-refractivity contribution in [3.8, 4) is 11.1 Å². The van der Waals surface area contributed by atoms with Crippen molar-refractivity contribution in [1.82, 2.24) is 14.3 Å². The van der Waals surface area contributed by atoms with Gasteiger partial charge in [0, 0.05) is 52.7 Å². The Morgan fingerprint density at radius 3 is 2.44 bits per heavy atom. The quantitative estimate of drug-likeness (QED) is 0.394. The van der Waals surface area contributed by atoms with Crippen LogP contribution in [0.1, 0.15) is 45.2 Å². The predicted octanol–water partition coefficient (Wildman–Crippen LogP) is 6.23. The lowest BCUT2D eigenvalue weighted by atomic mass is 9.96. The smallest absolute Gasteiger partial charge is 0.347 e. The summed E-state index contributed by atoms with van der Waals surface area (Å²) in [6, 6.07) is 1.48. The van der Waals surface area contributed by atoms with Crippen molar-refractivity contribution in [2.75, 3.05) is 0 Å². The third-order valence-electron chi connectivity index (χ3n) is 5.59. The normalized spacial score (nSPS) is 16.2. The van der Waals surface area contributed by atoms with Gasteiger partial charge in [0.25, 0.3) is 0 Å². The molecule has 0 saturated heterocycles. The molecule has 2 heterocycles. The second-order valence-corrected chi connectivity index (χ2v) is 12.2. The Morgan fingerprint density at radius 1 is 1.21 bits per heavy atom. The zero-order valence-corrected chi connectivity index (χ0v) is 20.3. The largest absolute Gasteiger partial charge is 0.408 e. The number of benzene rings is 1. The van der Waals surface area contributed by atoms with Crippen LogP contribution in [0.25, 0.3) is 22.0 Å². The number of nitrogens with zero attached hydrogens (tertiary/aromatic N) is 2. The Kier molecular flexibility index (Phi) is 6.23. The average molecular weight is 518 g/mol. The SMILES string of the molecule is CC(C)(C)Cn1cc(C(NS(=O)(=O)C2CC2)C(F)(F)F)c2cc(F)c(-c3ccncc3Cl)cc21. The van der Waals surface area contributed by atoms with Crippen LogP contribution < -0.4 is 4.72 Å². The molecule has 0 spiro atoms. The van der Waals surface area contributed by atoms with Crippen LogP contribution >= 0.6 is 11.6 Å². The standard InChI is InChI=1S/C23H24ClF4N3O2S/c1-22(2,3)12-31-11-17(21(23(26,27)28)30-34(32,33)13-4-5-13)16-8-19(25)15(9-20(16)31)14-6-7-29-10-18(14)24/h6-11,13,21,30H,4-5,12H2,1-3H3. The second kappa shape index (κ2) is 8.49. The molecule has 1 aliphatic carbocycles. The second-order valence-electron chi connectivity index (χ2n) is 9.81. The molecule has 2 aromatic heterocycles. The molecule has 4 rings (SSSR count). The van der Waals surface area contributed by atoms with Gasteiger partial charge in [-0.2, -0.15) is 17.9 Å². The average Bonchev–Trinajstić information content (AvgIpc) is 3.50. The lowest BCUT2D eigenvalue weighted by Gasteiger charge is -2.22. The van der Waals surface area contributed by atoms with Gasteiger partial charge in [0.05, 0.1) is 10.3 Å². The van der Waals surface area contributed by atoms with E-state index in [4.69, 9.17) is 11.6 Å². The summed E-state index contributed by atoms with van der Waals surface area (Å²) in [4.78, 5) is 3.89. The van der Waals surface area contributed by atoms with Crippen molar-refractivity contribution < 1.29 is 26.0 Å². The first-order valence-corrected chi connectivity index (χ1v) is 12.6. The maximum absolute atomic E-state index is 15.2. The van der Waals surface area contributed by atoms with Crippen molar-refractivity contribution in [3.05, 3.63) is 53.2 Å². The first-order chi connectivity index (χ1) is 15.7. The van der Waals surface area contributed by atoms with Gasteiger partial charge in [0.15, 0.2) is 0 Å². The molecule has 184 valence electrons. The number of aromatic nitrogens is 2. The van der Waals surface area contributed by atoms with Crippen LogP contribution in [0.2, 0.25) is 5.02 Å². The molecule has 1 saturated carbocycles. The van der Waals surface area contributed by atoms with Crippen LogP contribution in [0, 0.1) is 11.2 Å². The Morgan fingerprint density at radius 2 is 1.88 bits per heavy atom. The molecule has 1 atom stereocenters. The van der Waals surface area contributed by atoms with Gasteiger partial charge in [0.2, 0.25) is 10.0 Å². The van der Waals surface area contributed by atoms with Gasteiger partial charge in [-0.3, -0.25) is 4.98 Å². The van der Waals surface area contributed by atoms with Crippen molar-refractivity contribution >= 4 is 32.5 Å². The predicted molar refractivity (Wildman–Crippen MR) is 123 cm³/mol. The Hall–Kier alpha value is -2.17. The number of hydrogen-bond acceptors (Lipinski definition) is 3. The Balaban J connectivity index is 1.94. The molecule has 1 fully saturated rings. The highest BCUT2D eigenvalue weighted by atomic mass is 35.5. The van der Waals surface area contributed by atoms with Gasteiger partial charge in [-0.25, -0.2) is 12.8 Å². The third-order valence-corrected chi connectivity index (χ3v) is 7.81. The van der Waals surface area contributed by atoms with Crippen LogP contribution in [0.3, 0.4) is 0 Å². The van der Waals surface area contributed by atoms with Crippen LogP contribution in [-0.2, 0) is 16.6 Å².